The number of aliphatic carboxylic acids is 1. The molecule has 2 aromatic carbocycles. The highest BCUT2D eigenvalue weighted by Crippen LogP contribution is 2.44. The Balaban J connectivity index is 1.15. The van der Waals surface area contributed by atoms with Gasteiger partial charge in [0.2, 0.25) is 0 Å². The Morgan fingerprint density at radius 1 is 1.09 bits per heavy atom. The zero-order chi connectivity index (χ0) is 24.4. The molecule has 2 aliphatic rings. The van der Waals surface area contributed by atoms with E-state index in [0.29, 0.717) is 17.3 Å². The third-order valence-corrected chi connectivity index (χ3v) is 8.15. The molecule has 0 saturated carbocycles. The van der Waals surface area contributed by atoms with Crippen LogP contribution < -0.4 is 5.32 Å². The van der Waals surface area contributed by atoms with Crippen molar-refractivity contribution in [3.63, 3.8) is 0 Å². The van der Waals surface area contributed by atoms with Crippen molar-refractivity contribution in [2.75, 3.05) is 25.4 Å². The number of ether oxygens (including phenoxy) is 1. The van der Waals surface area contributed by atoms with Crippen LogP contribution in [0.4, 0.5) is 4.79 Å². The molecule has 2 heterocycles. The van der Waals surface area contributed by atoms with E-state index in [1.807, 2.05) is 24.3 Å². The van der Waals surface area contributed by atoms with Crippen molar-refractivity contribution in [3.8, 4) is 11.1 Å². The number of carbonyl (C=O) groups is 3. The van der Waals surface area contributed by atoms with Crippen LogP contribution in [-0.4, -0.2) is 63.7 Å². The van der Waals surface area contributed by atoms with Gasteiger partial charge in [-0.3, -0.25) is 9.59 Å². The molecule has 0 bridgehead atoms. The van der Waals surface area contributed by atoms with Crippen LogP contribution in [0.1, 0.15) is 32.5 Å². The standard InChI is InChI=1S/C25H23N3O5S2/c29-23(28-9-10-34-21(12-28)24(30)31)20-14-35-22(27-20)11-26-25(32)33-13-19-17-7-3-1-5-15(17)16-6-2-4-8-18(16)19/h1-8,14,19,21H,9-13H2,(H,26,32)(H,30,31). The lowest BCUT2D eigenvalue weighted by Gasteiger charge is -2.29. The molecule has 2 amide bonds. The molecule has 1 aliphatic heterocycles. The number of thioether (sulfide) groups is 1. The van der Waals surface area contributed by atoms with Gasteiger partial charge in [-0.1, -0.05) is 48.5 Å². The smallest absolute Gasteiger partial charge is 0.407 e. The number of benzene rings is 2. The molecule has 2 N–H and O–H groups in total. The van der Waals surface area contributed by atoms with Crippen LogP contribution in [0.5, 0.6) is 0 Å². The first-order valence-corrected chi connectivity index (χ1v) is 13.1. The van der Waals surface area contributed by atoms with E-state index >= 15 is 0 Å². The number of alkyl carbamates (subject to hydrolysis) is 1. The molecule has 1 saturated heterocycles. The number of carbonyl (C=O) groups excluding carboxylic acids is 2. The SMILES string of the molecule is O=C(NCc1nc(C(=O)N2CCSC(C(=O)O)C2)cs1)OCC1c2ccccc2-c2ccccc21. The molecule has 5 rings (SSSR count). The maximum absolute atomic E-state index is 12.7. The molecule has 1 aliphatic carbocycles. The molecule has 35 heavy (non-hydrogen) atoms. The molecule has 8 nitrogen and oxygen atoms in total. The summed E-state index contributed by atoms with van der Waals surface area (Å²) in [7, 11) is 0. The Labute approximate surface area is 210 Å². The fraction of sp³-hybridized carbons (Fsp3) is 0.280. The van der Waals surface area contributed by atoms with Gasteiger partial charge in [-0.05, 0) is 22.3 Å². The predicted octanol–water partition coefficient (Wildman–Crippen LogP) is 3.82. The van der Waals surface area contributed by atoms with Crippen LogP contribution in [0.15, 0.2) is 53.9 Å². The number of fused-ring (bicyclic) bond motifs is 3. The first-order chi connectivity index (χ1) is 17.0. The fourth-order valence-electron chi connectivity index (χ4n) is 4.43. The van der Waals surface area contributed by atoms with E-state index in [9.17, 15) is 19.5 Å². The Bertz CT molecular complexity index is 1230. The van der Waals surface area contributed by atoms with Crippen molar-refractivity contribution in [3.05, 3.63) is 75.7 Å². The fourth-order valence-corrected chi connectivity index (χ4v) is 6.18. The molecule has 180 valence electrons. The number of thiazole rings is 1. The Kier molecular flexibility index (Phi) is 6.74. The Hall–Kier alpha value is -3.37. The van der Waals surface area contributed by atoms with E-state index in [2.05, 4.69) is 34.6 Å². The largest absolute Gasteiger partial charge is 0.480 e. The number of rotatable bonds is 6. The number of carboxylic acid groups (broad SMARTS) is 1. The highest BCUT2D eigenvalue weighted by molar-refractivity contribution is 8.00. The second-order valence-corrected chi connectivity index (χ2v) is 10.5. The lowest BCUT2D eigenvalue weighted by Crippen LogP contribution is -2.44. The Morgan fingerprint density at radius 3 is 2.46 bits per heavy atom. The van der Waals surface area contributed by atoms with E-state index in [1.165, 1.54) is 39.1 Å². The second-order valence-electron chi connectivity index (χ2n) is 8.25. The molecule has 0 radical (unpaired) electrons. The lowest BCUT2D eigenvalue weighted by atomic mass is 9.98. The van der Waals surface area contributed by atoms with E-state index < -0.39 is 17.3 Å². The summed E-state index contributed by atoms with van der Waals surface area (Å²) in [6.07, 6.45) is -0.549. The number of carboxylic acids is 1. The van der Waals surface area contributed by atoms with Crippen molar-refractivity contribution >= 4 is 41.1 Å². The van der Waals surface area contributed by atoms with Gasteiger partial charge in [-0.2, -0.15) is 0 Å². The van der Waals surface area contributed by atoms with Crippen LogP contribution in [0.2, 0.25) is 0 Å². The monoisotopic (exact) mass is 509 g/mol. The van der Waals surface area contributed by atoms with Gasteiger partial charge in [0, 0.05) is 30.1 Å². The minimum absolute atomic E-state index is 0.0189. The summed E-state index contributed by atoms with van der Waals surface area (Å²) >= 11 is 2.60. The van der Waals surface area contributed by atoms with Crippen molar-refractivity contribution in [1.29, 1.82) is 0 Å². The van der Waals surface area contributed by atoms with Gasteiger partial charge in [0.05, 0.1) is 6.54 Å². The average Bonchev–Trinajstić information content (AvgIpc) is 3.49. The van der Waals surface area contributed by atoms with Gasteiger partial charge in [-0.15, -0.1) is 23.1 Å². The van der Waals surface area contributed by atoms with Crippen molar-refractivity contribution in [2.45, 2.75) is 17.7 Å². The summed E-state index contributed by atoms with van der Waals surface area (Å²) in [6, 6.07) is 16.3. The topological polar surface area (TPSA) is 109 Å². The van der Waals surface area contributed by atoms with E-state index in [-0.39, 0.29) is 37.2 Å². The second kappa shape index (κ2) is 10.1. The number of aromatic nitrogens is 1. The number of hydrogen-bond donors (Lipinski definition) is 2. The molecular formula is C25H23N3O5S2. The number of amides is 2. The minimum atomic E-state index is -0.918. The molecule has 1 aromatic heterocycles. The summed E-state index contributed by atoms with van der Waals surface area (Å²) in [5.74, 6) is -0.656. The van der Waals surface area contributed by atoms with Gasteiger partial charge in [0.15, 0.2) is 0 Å². The quantitative estimate of drug-likeness (QED) is 0.520. The van der Waals surface area contributed by atoms with E-state index in [4.69, 9.17) is 4.74 Å². The summed E-state index contributed by atoms with van der Waals surface area (Å²) in [5.41, 5.74) is 4.88. The predicted molar refractivity (Wildman–Crippen MR) is 134 cm³/mol. The number of hydrogen-bond acceptors (Lipinski definition) is 7. The third kappa shape index (κ3) is 4.89. The van der Waals surface area contributed by atoms with Gasteiger partial charge in [0.1, 0.15) is 22.6 Å². The summed E-state index contributed by atoms with van der Waals surface area (Å²) in [4.78, 5) is 42.2. The van der Waals surface area contributed by atoms with Crippen molar-refractivity contribution in [1.82, 2.24) is 15.2 Å². The van der Waals surface area contributed by atoms with Gasteiger partial charge < -0.3 is 20.1 Å². The molecule has 1 fully saturated rings. The van der Waals surface area contributed by atoms with Crippen molar-refractivity contribution < 1.29 is 24.2 Å². The third-order valence-electron chi connectivity index (χ3n) is 6.13. The molecule has 10 heteroatoms. The Morgan fingerprint density at radius 2 is 1.77 bits per heavy atom. The maximum Gasteiger partial charge on any atom is 0.407 e. The first-order valence-electron chi connectivity index (χ1n) is 11.2. The lowest BCUT2D eigenvalue weighted by molar-refractivity contribution is -0.136. The number of nitrogens with one attached hydrogen (secondary N) is 1. The minimum Gasteiger partial charge on any atom is -0.480 e. The van der Waals surface area contributed by atoms with E-state index in [0.717, 1.165) is 11.1 Å². The normalized spacial score (nSPS) is 16.9. The molecule has 1 unspecified atom stereocenters. The zero-order valence-corrected chi connectivity index (χ0v) is 20.3. The average molecular weight is 510 g/mol. The van der Waals surface area contributed by atoms with Crippen LogP contribution in [0.25, 0.3) is 11.1 Å². The van der Waals surface area contributed by atoms with Crippen LogP contribution in [0, 0.1) is 0 Å². The summed E-state index contributed by atoms with van der Waals surface area (Å²) < 4.78 is 5.54. The first kappa shape index (κ1) is 23.4. The maximum atomic E-state index is 12.7. The number of nitrogens with zero attached hydrogens (tertiary/aromatic N) is 2. The van der Waals surface area contributed by atoms with Crippen molar-refractivity contribution in [2.24, 2.45) is 0 Å². The molecule has 3 aromatic rings. The highest BCUT2D eigenvalue weighted by Gasteiger charge is 2.31. The molecule has 0 spiro atoms. The zero-order valence-electron chi connectivity index (χ0n) is 18.7. The molecular weight excluding hydrogens is 486 g/mol. The van der Waals surface area contributed by atoms with Crippen LogP contribution >= 0.6 is 23.1 Å². The summed E-state index contributed by atoms with van der Waals surface area (Å²) in [5, 5.41) is 13.5. The van der Waals surface area contributed by atoms with Crippen LogP contribution in [-0.2, 0) is 16.1 Å². The van der Waals surface area contributed by atoms with Gasteiger partial charge in [0.25, 0.3) is 5.91 Å². The highest BCUT2D eigenvalue weighted by atomic mass is 32.2. The van der Waals surface area contributed by atoms with Crippen LogP contribution in [0.3, 0.4) is 0 Å². The molecule has 1 atom stereocenters. The van der Waals surface area contributed by atoms with Gasteiger partial charge in [-0.25, -0.2) is 9.78 Å². The van der Waals surface area contributed by atoms with Gasteiger partial charge >= 0.3 is 12.1 Å². The van der Waals surface area contributed by atoms with E-state index in [1.54, 1.807) is 5.38 Å². The summed E-state index contributed by atoms with van der Waals surface area (Å²) in [6.45, 7) is 1.00.